The van der Waals surface area contributed by atoms with Crippen molar-refractivity contribution in [1.82, 2.24) is 0 Å². The van der Waals surface area contributed by atoms with E-state index in [0.29, 0.717) is 16.9 Å². The first-order chi connectivity index (χ1) is 11.8. The van der Waals surface area contributed by atoms with Crippen molar-refractivity contribution < 1.29 is 22.7 Å². The van der Waals surface area contributed by atoms with Crippen LogP contribution in [0.2, 0.25) is 0 Å². The van der Waals surface area contributed by atoms with E-state index < -0.39 is 21.8 Å². The van der Waals surface area contributed by atoms with Gasteiger partial charge in [-0.1, -0.05) is 0 Å². The van der Waals surface area contributed by atoms with E-state index in [9.17, 15) is 17.9 Å². The van der Waals surface area contributed by atoms with Gasteiger partial charge in [0, 0.05) is 23.4 Å². The average molecular weight is 359 g/mol. The third kappa shape index (κ3) is 2.58. The smallest absolute Gasteiger partial charge is 0.175 e. The van der Waals surface area contributed by atoms with Gasteiger partial charge in [-0.3, -0.25) is 0 Å². The van der Waals surface area contributed by atoms with Crippen LogP contribution in [0.25, 0.3) is 0 Å². The molecule has 1 saturated carbocycles. The summed E-state index contributed by atoms with van der Waals surface area (Å²) in [6.45, 7) is 0. The Balaban J connectivity index is 1.83. The van der Waals surface area contributed by atoms with Crippen molar-refractivity contribution in [3.63, 3.8) is 0 Å². The van der Waals surface area contributed by atoms with Crippen molar-refractivity contribution in [1.29, 1.82) is 5.26 Å². The molecule has 2 aliphatic rings. The molecule has 2 aromatic carbocycles. The van der Waals surface area contributed by atoms with Gasteiger partial charge in [0.25, 0.3) is 0 Å². The number of hydrogen-bond donors (Lipinski definition) is 1. The van der Waals surface area contributed by atoms with Crippen molar-refractivity contribution in [3.05, 3.63) is 52.8 Å². The minimum Gasteiger partial charge on any atom is -0.457 e. The fourth-order valence-corrected chi connectivity index (χ4v) is 4.56. The van der Waals surface area contributed by atoms with Gasteiger partial charge < -0.3 is 9.84 Å². The molecule has 4 rings (SSSR count). The lowest BCUT2D eigenvalue weighted by Crippen LogP contribution is -2.08. The lowest BCUT2D eigenvalue weighted by molar-refractivity contribution is 0.157. The fourth-order valence-electron chi connectivity index (χ4n) is 3.62. The number of sulfone groups is 1. The molecule has 128 valence electrons. The van der Waals surface area contributed by atoms with Crippen LogP contribution in [-0.4, -0.2) is 19.8 Å². The molecular weight excluding hydrogens is 345 g/mol. The molecule has 25 heavy (non-hydrogen) atoms. The predicted molar refractivity (Wildman–Crippen MR) is 86.5 cm³/mol. The molecule has 0 spiro atoms. The molecule has 0 saturated heterocycles. The minimum absolute atomic E-state index is 0.00225. The standard InChI is InChI=1S/C18H14FNO4S/c1-25(22,23)15-3-2-14(16-12-7-13(12)18(21)17(15)16)24-11-5-9(8-20)4-10(19)6-11/h2-6,12-13,18,21H,7H2,1H3/t12?,13?,18-/m0/s1. The molecule has 0 aliphatic heterocycles. The molecule has 2 aliphatic carbocycles. The molecule has 0 aromatic heterocycles. The number of aliphatic hydroxyl groups is 1. The zero-order valence-electron chi connectivity index (χ0n) is 13.2. The largest absolute Gasteiger partial charge is 0.457 e. The summed E-state index contributed by atoms with van der Waals surface area (Å²) in [5.74, 6) is 0.00120. The van der Waals surface area contributed by atoms with Crippen LogP contribution in [0.3, 0.4) is 0 Å². The Morgan fingerprint density at radius 3 is 2.72 bits per heavy atom. The zero-order chi connectivity index (χ0) is 17.9. The molecule has 1 fully saturated rings. The molecule has 0 radical (unpaired) electrons. The number of ether oxygens (including phenoxy) is 1. The SMILES string of the molecule is CS(=O)(=O)c1ccc(Oc2cc(F)cc(C#N)c2)c2c1[C@@H](O)C1CC21. The molecule has 3 atom stereocenters. The highest BCUT2D eigenvalue weighted by atomic mass is 32.2. The number of aliphatic hydroxyl groups excluding tert-OH is 1. The van der Waals surface area contributed by atoms with E-state index in [0.717, 1.165) is 24.8 Å². The topological polar surface area (TPSA) is 87.4 Å². The molecule has 5 nitrogen and oxygen atoms in total. The number of nitriles is 1. The quantitative estimate of drug-likeness (QED) is 0.910. The number of fused-ring (bicyclic) bond motifs is 3. The van der Waals surface area contributed by atoms with Crippen LogP contribution >= 0.6 is 0 Å². The summed E-state index contributed by atoms with van der Waals surface area (Å²) in [4.78, 5) is 0.103. The van der Waals surface area contributed by atoms with Gasteiger partial charge in [0.05, 0.1) is 22.6 Å². The van der Waals surface area contributed by atoms with Gasteiger partial charge in [-0.05, 0) is 42.5 Å². The number of nitrogens with zero attached hydrogens (tertiary/aromatic N) is 1. The second-order valence-corrected chi connectivity index (χ2v) is 8.49. The first-order valence-corrected chi connectivity index (χ1v) is 9.62. The Hall–Kier alpha value is -2.43. The summed E-state index contributed by atoms with van der Waals surface area (Å²) in [7, 11) is -3.49. The van der Waals surface area contributed by atoms with Crippen molar-refractivity contribution in [2.24, 2.45) is 5.92 Å². The first-order valence-electron chi connectivity index (χ1n) is 7.73. The normalized spacial score (nSPS) is 23.5. The third-order valence-electron chi connectivity index (χ3n) is 4.75. The van der Waals surface area contributed by atoms with E-state index in [2.05, 4.69) is 0 Å². The van der Waals surface area contributed by atoms with Crippen LogP contribution in [0, 0.1) is 23.1 Å². The predicted octanol–water partition coefficient (Wildman–Crippen LogP) is 3.04. The highest BCUT2D eigenvalue weighted by Gasteiger charge is 2.54. The summed E-state index contributed by atoms with van der Waals surface area (Å²) in [5.41, 5.74) is 1.19. The lowest BCUT2D eigenvalue weighted by Gasteiger charge is -2.17. The average Bonchev–Trinajstić information content (AvgIpc) is 3.27. The summed E-state index contributed by atoms with van der Waals surface area (Å²) in [5, 5.41) is 19.4. The highest BCUT2D eigenvalue weighted by molar-refractivity contribution is 7.90. The first kappa shape index (κ1) is 16.1. The maximum absolute atomic E-state index is 13.6. The Morgan fingerprint density at radius 1 is 1.28 bits per heavy atom. The molecule has 2 unspecified atom stereocenters. The van der Waals surface area contributed by atoms with Gasteiger partial charge in [0.15, 0.2) is 9.84 Å². The van der Waals surface area contributed by atoms with Crippen LogP contribution < -0.4 is 4.74 Å². The maximum Gasteiger partial charge on any atom is 0.175 e. The van der Waals surface area contributed by atoms with Crippen LogP contribution in [-0.2, 0) is 9.84 Å². The highest BCUT2D eigenvalue weighted by Crippen LogP contribution is 2.65. The zero-order valence-corrected chi connectivity index (χ0v) is 14.0. The van der Waals surface area contributed by atoms with Crippen LogP contribution in [0.5, 0.6) is 11.5 Å². The molecule has 0 bridgehead atoms. The van der Waals surface area contributed by atoms with Crippen molar-refractivity contribution in [3.8, 4) is 17.6 Å². The third-order valence-corrected chi connectivity index (χ3v) is 5.90. The lowest BCUT2D eigenvalue weighted by atomic mass is 10.0. The van der Waals surface area contributed by atoms with E-state index in [-0.39, 0.29) is 28.0 Å². The Kier molecular flexibility index (Phi) is 3.39. The minimum atomic E-state index is -3.49. The summed E-state index contributed by atoms with van der Waals surface area (Å²) in [6, 6.07) is 8.47. The maximum atomic E-state index is 13.6. The van der Waals surface area contributed by atoms with Crippen molar-refractivity contribution in [2.75, 3.05) is 6.26 Å². The number of halogens is 1. The molecule has 1 N–H and O–H groups in total. The van der Waals surface area contributed by atoms with Crippen molar-refractivity contribution >= 4 is 9.84 Å². The molecule has 0 heterocycles. The number of rotatable bonds is 3. The molecular formula is C18H14FNO4S. The van der Waals surface area contributed by atoms with Crippen molar-refractivity contribution in [2.45, 2.75) is 23.3 Å². The summed E-state index contributed by atoms with van der Waals surface area (Å²) >= 11 is 0. The Bertz CT molecular complexity index is 1040. The van der Waals surface area contributed by atoms with Crippen LogP contribution in [0.15, 0.2) is 35.2 Å². The van der Waals surface area contributed by atoms with E-state index >= 15 is 0 Å². The number of hydrogen-bond acceptors (Lipinski definition) is 5. The molecule has 2 aromatic rings. The van der Waals surface area contributed by atoms with Gasteiger partial charge in [0.2, 0.25) is 0 Å². The van der Waals surface area contributed by atoms with E-state index in [1.165, 1.54) is 18.2 Å². The fraction of sp³-hybridized carbons (Fsp3) is 0.278. The second-order valence-electron chi connectivity index (χ2n) is 6.50. The summed E-state index contributed by atoms with van der Waals surface area (Å²) in [6.07, 6.45) is 1.03. The Labute approximate surface area is 144 Å². The summed E-state index contributed by atoms with van der Waals surface area (Å²) < 4.78 is 43.4. The molecule has 0 amide bonds. The van der Waals surface area contributed by atoms with Crippen LogP contribution in [0.1, 0.15) is 35.1 Å². The van der Waals surface area contributed by atoms with E-state index in [1.807, 2.05) is 6.07 Å². The van der Waals surface area contributed by atoms with Gasteiger partial charge in [-0.2, -0.15) is 5.26 Å². The van der Waals surface area contributed by atoms with Crippen LogP contribution in [0.4, 0.5) is 4.39 Å². The molecule has 7 heteroatoms. The van der Waals surface area contributed by atoms with E-state index in [4.69, 9.17) is 10.00 Å². The van der Waals surface area contributed by atoms with E-state index in [1.54, 1.807) is 0 Å². The van der Waals surface area contributed by atoms with Gasteiger partial charge >= 0.3 is 0 Å². The van der Waals surface area contributed by atoms with Gasteiger partial charge in [0.1, 0.15) is 17.3 Å². The van der Waals surface area contributed by atoms with Gasteiger partial charge in [-0.25, -0.2) is 12.8 Å². The second kappa shape index (κ2) is 5.28. The Morgan fingerprint density at radius 2 is 2.04 bits per heavy atom. The monoisotopic (exact) mass is 359 g/mol. The van der Waals surface area contributed by atoms with Gasteiger partial charge in [-0.15, -0.1) is 0 Å². The number of benzene rings is 2.